The molecule has 18 heavy (non-hydrogen) atoms. The third kappa shape index (κ3) is 3.84. The first-order valence-corrected chi connectivity index (χ1v) is 5.93. The molecule has 0 aromatic heterocycles. The molecule has 1 saturated carbocycles. The Kier molecular flexibility index (Phi) is 4.16. The Morgan fingerprint density at radius 2 is 1.89 bits per heavy atom. The molecule has 0 atom stereocenters. The minimum absolute atomic E-state index is 0.171. The van der Waals surface area contributed by atoms with Crippen LogP contribution in [-0.4, -0.2) is 36.7 Å². The molecule has 0 unspecified atom stereocenters. The van der Waals surface area contributed by atoms with Gasteiger partial charge < -0.3 is 14.8 Å². The fourth-order valence-electron chi connectivity index (χ4n) is 1.61. The predicted molar refractivity (Wildman–Crippen MR) is 67.4 cm³/mol. The van der Waals surface area contributed by atoms with E-state index < -0.39 is 17.2 Å². The van der Waals surface area contributed by atoms with Gasteiger partial charge in [-0.15, -0.1) is 0 Å². The molecule has 1 rings (SSSR count). The van der Waals surface area contributed by atoms with Gasteiger partial charge in [-0.2, -0.15) is 0 Å². The summed E-state index contributed by atoms with van der Waals surface area (Å²) in [6.07, 6.45) is 0.667. The zero-order valence-electron chi connectivity index (χ0n) is 11.5. The van der Waals surface area contributed by atoms with Gasteiger partial charge in [-0.3, -0.25) is 4.79 Å². The van der Waals surface area contributed by atoms with Crippen molar-refractivity contribution in [2.45, 2.75) is 44.8 Å². The van der Waals surface area contributed by atoms with Crippen LogP contribution in [-0.2, 0) is 14.3 Å². The van der Waals surface area contributed by atoms with Gasteiger partial charge in [-0.1, -0.05) is 6.58 Å². The smallest absolute Gasteiger partial charge is 0.408 e. The second kappa shape index (κ2) is 5.10. The van der Waals surface area contributed by atoms with Crippen LogP contribution in [0.4, 0.5) is 4.79 Å². The Morgan fingerprint density at radius 3 is 2.28 bits per heavy atom. The number of carbonyl (C=O) groups is 2. The minimum atomic E-state index is -0.821. The molecule has 1 aliphatic rings. The van der Waals surface area contributed by atoms with Crippen molar-refractivity contribution in [2.75, 3.05) is 13.7 Å². The zero-order chi connectivity index (χ0) is 14.0. The number of amides is 1. The molecule has 0 aromatic carbocycles. The minimum Gasteiger partial charge on any atom is -0.444 e. The normalized spacial score (nSPS) is 16.9. The Morgan fingerprint density at radius 1 is 1.33 bits per heavy atom. The van der Waals surface area contributed by atoms with Crippen molar-refractivity contribution < 1.29 is 19.1 Å². The molecular formula is C13H21NO4. The fourth-order valence-corrected chi connectivity index (χ4v) is 1.61. The first kappa shape index (κ1) is 14.7. The molecular weight excluding hydrogens is 234 g/mol. The molecule has 1 aliphatic carbocycles. The summed E-state index contributed by atoms with van der Waals surface area (Å²) in [4.78, 5) is 23.7. The summed E-state index contributed by atoms with van der Waals surface area (Å²) in [7, 11) is 1.50. The van der Waals surface area contributed by atoms with Gasteiger partial charge in [0.1, 0.15) is 11.1 Å². The first-order chi connectivity index (χ1) is 8.20. The van der Waals surface area contributed by atoms with Gasteiger partial charge in [0.05, 0.1) is 6.61 Å². The van der Waals surface area contributed by atoms with Crippen LogP contribution in [0.25, 0.3) is 0 Å². The predicted octanol–water partition coefficient (Wildman–Crippen LogP) is 1.82. The molecule has 5 nitrogen and oxygen atoms in total. The molecule has 0 aliphatic heterocycles. The van der Waals surface area contributed by atoms with Crippen molar-refractivity contribution in [1.82, 2.24) is 5.32 Å². The summed E-state index contributed by atoms with van der Waals surface area (Å²) >= 11 is 0. The number of ether oxygens (including phenoxy) is 2. The van der Waals surface area contributed by atoms with Crippen LogP contribution in [0.3, 0.4) is 0 Å². The van der Waals surface area contributed by atoms with E-state index in [1.165, 1.54) is 7.11 Å². The molecule has 5 heteroatoms. The highest BCUT2D eigenvalue weighted by Crippen LogP contribution is 2.38. The number of hydrogen-bond donors (Lipinski definition) is 1. The number of hydrogen-bond acceptors (Lipinski definition) is 4. The summed E-state index contributed by atoms with van der Waals surface area (Å²) in [6.45, 7) is 9.17. The number of carbonyl (C=O) groups excluding carboxylic acids is 2. The highest BCUT2D eigenvalue weighted by molar-refractivity contribution is 6.06. The Balaban J connectivity index is 2.58. The third-order valence-electron chi connectivity index (χ3n) is 2.56. The van der Waals surface area contributed by atoms with Crippen molar-refractivity contribution in [2.24, 2.45) is 0 Å². The average Bonchev–Trinajstić information content (AvgIpc) is 2.95. The maximum atomic E-state index is 12.1. The highest BCUT2D eigenvalue weighted by Gasteiger charge is 2.52. The zero-order valence-corrected chi connectivity index (χ0v) is 11.5. The van der Waals surface area contributed by atoms with Gasteiger partial charge in [-0.25, -0.2) is 4.79 Å². The Bertz CT molecular complexity index is 364. The number of nitrogens with one attached hydrogen (secondary N) is 1. The first-order valence-electron chi connectivity index (χ1n) is 5.93. The van der Waals surface area contributed by atoms with E-state index in [2.05, 4.69) is 11.9 Å². The molecule has 1 amide bonds. The Hall–Kier alpha value is -1.36. The third-order valence-corrected chi connectivity index (χ3v) is 2.56. The number of ketones is 1. The fraction of sp³-hybridized carbons (Fsp3) is 0.692. The summed E-state index contributed by atoms with van der Waals surface area (Å²) in [5.41, 5.74) is -1.03. The molecule has 0 heterocycles. The molecule has 0 saturated heterocycles. The van der Waals surface area contributed by atoms with Gasteiger partial charge in [0.15, 0.2) is 5.78 Å². The van der Waals surface area contributed by atoms with Gasteiger partial charge >= 0.3 is 6.09 Å². The number of methoxy groups -OCH3 is 1. The van der Waals surface area contributed by atoms with Gasteiger partial charge in [0.25, 0.3) is 0 Å². The maximum Gasteiger partial charge on any atom is 0.408 e. The monoisotopic (exact) mass is 255 g/mol. The van der Waals surface area contributed by atoms with E-state index in [0.717, 1.165) is 0 Å². The van der Waals surface area contributed by atoms with E-state index >= 15 is 0 Å². The van der Waals surface area contributed by atoms with Gasteiger partial charge in [0, 0.05) is 12.7 Å². The van der Waals surface area contributed by atoms with Crippen LogP contribution in [0, 0.1) is 0 Å². The van der Waals surface area contributed by atoms with Crippen LogP contribution in [0.2, 0.25) is 0 Å². The molecule has 1 fully saturated rings. The second-order valence-corrected chi connectivity index (χ2v) is 5.57. The van der Waals surface area contributed by atoms with Crippen molar-refractivity contribution in [3.8, 4) is 0 Å². The SMILES string of the molecule is C=C(COC)C(=O)C1(NC(=O)OC(C)(C)C)CC1. The van der Waals surface area contributed by atoms with Gasteiger partial charge in [-0.05, 0) is 33.6 Å². The van der Waals surface area contributed by atoms with Crippen LogP contribution >= 0.6 is 0 Å². The second-order valence-electron chi connectivity index (χ2n) is 5.57. The highest BCUT2D eigenvalue weighted by atomic mass is 16.6. The van der Waals surface area contributed by atoms with E-state index in [1.54, 1.807) is 20.8 Å². The number of alkyl carbamates (subject to hydrolysis) is 1. The quantitative estimate of drug-likeness (QED) is 0.761. The summed E-state index contributed by atoms with van der Waals surface area (Å²) in [5.74, 6) is -0.171. The molecule has 1 N–H and O–H groups in total. The lowest BCUT2D eigenvalue weighted by Gasteiger charge is -2.23. The van der Waals surface area contributed by atoms with Crippen LogP contribution in [0.1, 0.15) is 33.6 Å². The lowest BCUT2D eigenvalue weighted by atomic mass is 10.0. The van der Waals surface area contributed by atoms with Crippen molar-refractivity contribution in [3.05, 3.63) is 12.2 Å². The van der Waals surface area contributed by atoms with Crippen LogP contribution < -0.4 is 5.32 Å². The van der Waals surface area contributed by atoms with Crippen molar-refractivity contribution in [1.29, 1.82) is 0 Å². The topological polar surface area (TPSA) is 64.6 Å². The molecule has 0 radical (unpaired) electrons. The lowest BCUT2D eigenvalue weighted by Crippen LogP contribution is -2.46. The van der Waals surface area contributed by atoms with E-state index in [4.69, 9.17) is 9.47 Å². The molecule has 0 aromatic rings. The molecule has 0 spiro atoms. The summed E-state index contributed by atoms with van der Waals surface area (Å²) < 4.78 is 10.0. The average molecular weight is 255 g/mol. The summed E-state index contributed by atoms with van der Waals surface area (Å²) in [6, 6.07) is 0. The largest absolute Gasteiger partial charge is 0.444 e. The molecule has 0 bridgehead atoms. The van der Waals surface area contributed by atoms with E-state index in [-0.39, 0.29) is 12.4 Å². The Labute approximate surface area is 108 Å². The van der Waals surface area contributed by atoms with Crippen LogP contribution in [0.5, 0.6) is 0 Å². The maximum absolute atomic E-state index is 12.1. The van der Waals surface area contributed by atoms with Crippen LogP contribution in [0.15, 0.2) is 12.2 Å². The molecule has 102 valence electrons. The van der Waals surface area contributed by atoms with Crippen molar-refractivity contribution in [3.63, 3.8) is 0 Å². The van der Waals surface area contributed by atoms with E-state index in [1.807, 2.05) is 0 Å². The summed E-state index contributed by atoms with van der Waals surface area (Å²) in [5, 5.41) is 2.64. The number of Topliss-reactive ketones (excluding diaryl/α,β-unsaturated/α-hetero) is 1. The number of rotatable bonds is 5. The van der Waals surface area contributed by atoms with Gasteiger partial charge in [0.2, 0.25) is 0 Å². The standard InChI is InChI=1S/C13H21NO4/c1-9(8-17-5)10(15)13(6-7-13)14-11(16)18-12(2,3)4/h1,6-8H2,2-5H3,(H,14,16). The van der Waals surface area contributed by atoms with E-state index in [0.29, 0.717) is 18.4 Å². The lowest BCUT2D eigenvalue weighted by molar-refractivity contribution is -0.119. The van der Waals surface area contributed by atoms with E-state index in [9.17, 15) is 9.59 Å². The van der Waals surface area contributed by atoms with Crippen molar-refractivity contribution >= 4 is 11.9 Å².